The largest absolute Gasteiger partial charge is 0.462 e. The summed E-state index contributed by atoms with van der Waals surface area (Å²) in [4.78, 5) is 21.7. The van der Waals surface area contributed by atoms with Gasteiger partial charge in [-0.15, -0.1) is 0 Å². The Bertz CT molecular complexity index is 494. The first-order valence-electron chi connectivity index (χ1n) is 5.27. The molecule has 0 radical (unpaired) electrons. The summed E-state index contributed by atoms with van der Waals surface area (Å²) in [5.74, 6) is -1.70. The summed E-state index contributed by atoms with van der Waals surface area (Å²) in [6, 6.07) is 1.71. The lowest BCUT2D eigenvalue weighted by molar-refractivity contribution is -0.385. The van der Waals surface area contributed by atoms with Gasteiger partial charge in [0.1, 0.15) is 11.4 Å². The Kier molecular flexibility index (Phi) is 5.84. The Labute approximate surface area is 116 Å². The molecule has 19 heavy (non-hydrogen) atoms. The molecule has 0 aliphatic heterocycles. The first kappa shape index (κ1) is 15.5. The van der Waals surface area contributed by atoms with Crippen LogP contribution in [0.1, 0.15) is 16.8 Å². The summed E-state index contributed by atoms with van der Waals surface area (Å²) >= 11 is 2.82. The van der Waals surface area contributed by atoms with Crippen molar-refractivity contribution in [3.8, 4) is 0 Å². The molecule has 0 aliphatic carbocycles. The minimum absolute atomic E-state index is 0.0432. The van der Waals surface area contributed by atoms with Crippen molar-refractivity contribution in [1.29, 1.82) is 0 Å². The van der Waals surface area contributed by atoms with Crippen LogP contribution in [-0.2, 0) is 9.47 Å². The normalized spacial score (nSPS) is 10.3. The van der Waals surface area contributed by atoms with Crippen molar-refractivity contribution < 1.29 is 23.6 Å². The van der Waals surface area contributed by atoms with E-state index in [0.717, 1.165) is 12.1 Å². The Hall–Kier alpha value is -1.54. The SMILES string of the molecule is COCCCOC(=O)c1cc(F)c(Br)cc1[N+](=O)[O-]. The first-order valence-corrected chi connectivity index (χ1v) is 6.06. The van der Waals surface area contributed by atoms with Gasteiger partial charge in [-0.25, -0.2) is 9.18 Å². The monoisotopic (exact) mass is 335 g/mol. The number of hydrogen-bond acceptors (Lipinski definition) is 5. The Morgan fingerprint density at radius 2 is 2.16 bits per heavy atom. The Morgan fingerprint density at radius 1 is 1.47 bits per heavy atom. The summed E-state index contributed by atoms with van der Waals surface area (Å²) in [6.07, 6.45) is 0.453. The van der Waals surface area contributed by atoms with Crippen LogP contribution in [0.2, 0.25) is 0 Å². The Morgan fingerprint density at radius 3 is 2.74 bits per heavy atom. The van der Waals surface area contributed by atoms with Gasteiger partial charge < -0.3 is 9.47 Å². The maximum atomic E-state index is 13.3. The van der Waals surface area contributed by atoms with Crippen molar-refractivity contribution in [1.82, 2.24) is 0 Å². The van der Waals surface area contributed by atoms with Crippen molar-refractivity contribution in [3.63, 3.8) is 0 Å². The van der Waals surface area contributed by atoms with E-state index in [1.807, 2.05) is 0 Å². The number of methoxy groups -OCH3 is 1. The van der Waals surface area contributed by atoms with E-state index >= 15 is 0 Å². The number of hydrogen-bond donors (Lipinski definition) is 0. The molecule has 0 heterocycles. The van der Waals surface area contributed by atoms with Gasteiger partial charge in [0.2, 0.25) is 0 Å². The molecule has 0 atom stereocenters. The maximum Gasteiger partial charge on any atom is 0.345 e. The minimum Gasteiger partial charge on any atom is -0.462 e. The van der Waals surface area contributed by atoms with Gasteiger partial charge in [0.25, 0.3) is 5.69 Å². The maximum absolute atomic E-state index is 13.3. The molecule has 104 valence electrons. The third-order valence-electron chi connectivity index (χ3n) is 2.18. The summed E-state index contributed by atoms with van der Waals surface area (Å²) in [7, 11) is 1.50. The zero-order valence-electron chi connectivity index (χ0n) is 10.0. The number of carbonyl (C=O) groups is 1. The molecule has 0 aliphatic rings. The third-order valence-corrected chi connectivity index (χ3v) is 2.79. The molecule has 0 saturated carbocycles. The van der Waals surface area contributed by atoms with Gasteiger partial charge in [0.15, 0.2) is 0 Å². The fourth-order valence-electron chi connectivity index (χ4n) is 1.30. The highest BCUT2D eigenvalue weighted by atomic mass is 79.9. The summed E-state index contributed by atoms with van der Waals surface area (Å²) in [6.45, 7) is 0.436. The molecule has 1 aromatic carbocycles. The molecule has 0 N–H and O–H groups in total. The molecule has 1 aromatic rings. The van der Waals surface area contributed by atoms with Crippen LogP contribution in [0.15, 0.2) is 16.6 Å². The van der Waals surface area contributed by atoms with Crippen molar-refractivity contribution >= 4 is 27.6 Å². The fourth-order valence-corrected chi connectivity index (χ4v) is 1.63. The molecular weight excluding hydrogens is 325 g/mol. The van der Waals surface area contributed by atoms with Crippen LogP contribution in [0, 0.1) is 15.9 Å². The average Bonchev–Trinajstić information content (AvgIpc) is 2.36. The lowest BCUT2D eigenvalue weighted by Crippen LogP contribution is -2.11. The summed E-state index contributed by atoms with van der Waals surface area (Å²) in [5.41, 5.74) is -0.923. The highest BCUT2D eigenvalue weighted by molar-refractivity contribution is 9.10. The van der Waals surface area contributed by atoms with Crippen LogP contribution in [0.3, 0.4) is 0 Å². The zero-order valence-corrected chi connectivity index (χ0v) is 11.6. The van der Waals surface area contributed by atoms with Crippen LogP contribution in [0.4, 0.5) is 10.1 Å². The molecule has 0 saturated heterocycles. The number of carbonyl (C=O) groups excluding carboxylic acids is 1. The number of nitro benzene ring substituents is 1. The fraction of sp³-hybridized carbons (Fsp3) is 0.364. The molecule has 0 bridgehead atoms. The molecule has 1 rings (SSSR count). The summed E-state index contributed by atoms with van der Waals surface area (Å²) < 4.78 is 22.8. The predicted octanol–water partition coefficient (Wildman–Crippen LogP) is 2.69. The lowest BCUT2D eigenvalue weighted by Gasteiger charge is -2.06. The molecule has 6 nitrogen and oxygen atoms in total. The average molecular weight is 336 g/mol. The Balaban J connectivity index is 2.89. The highest BCUT2D eigenvalue weighted by Crippen LogP contribution is 2.27. The number of benzene rings is 1. The quantitative estimate of drug-likeness (QED) is 0.345. The number of nitro groups is 1. The van der Waals surface area contributed by atoms with Crippen molar-refractivity contribution in [2.24, 2.45) is 0 Å². The van der Waals surface area contributed by atoms with E-state index in [4.69, 9.17) is 9.47 Å². The predicted molar refractivity (Wildman–Crippen MR) is 67.5 cm³/mol. The van der Waals surface area contributed by atoms with E-state index < -0.39 is 28.0 Å². The molecule has 0 spiro atoms. The van der Waals surface area contributed by atoms with E-state index in [2.05, 4.69) is 15.9 Å². The second-order valence-electron chi connectivity index (χ2n) is 3.52. The molecule has 0 aromatic heterocycles. The smallest absolute Gasteiger partial charge is 0.345 e. The topological polar surface area (TPSA) is 78.7 Å². The van der Waals surface area contributed by atoms with Crippen LogP contribution in [-0.4, -0.2) is 31.2 Å². The zero-order chi connectivity index (χ0) is 14.4. The van der Waals surface area contributed by atoms with E-state index in [9.17, 15) is 19.3 Å². The standard InChI is InChI=1S/C11H11BrFNO5/c1-18-3-2-4-19-11(15)7-5-9(13)8(12)6-10(7)14(16)17/h5-6H,2-4H2,1H3. The van der Waals surface area contributed by atoms with Crippen LogP contribution in [0.5, 0.6) is 0 Å². The van der Waals surface area contributed by atoms with E-state index in [0.29, 0.717) is 13.0 Å². The number of ether oxygens (including phenoxy) is 2. The second-order valence-corrected chi connectivity index (χ2v) is 4.38. The number of halogens is 2. The molecule has 0 unspecified atom stereocenters. The van der Waals surface area contributed by atoms with Gasteiger partial charge in [-0.3, -0.25) is 10.1 Å². The molecule has 0 fully saturated rings. The van der Waals surface area contributed by atoms with Crippen molar-refractivity contribution in [2.45, 2.75) is 6.42 Å². The molecule has 8 heteroatoms. The third kappa shape index (κ3) is 4.25. The van der Waals surface area contributed by atoms with Crippen molar-refractivity contribution in [3.05, 3.63) is 38.1 Å². The van der Waals surface area contributed by atoms with Gasteiger partial charge >= 0.3 is 5.97 Å². The first-order chi connectivity index (χ1) is 8.97. The molecular formula is C11H11BrFNO5. The van der Waals surface area contributed by atoms with Gasteiger partial charge in [-0.2, -0.15) is 0 Å². The van der Waals surface area contributed by atoms with E-state index in [-0.39, 0.29) is 11.1 Å². The number of esters is 1. The summed E-state index contributed by atoms with van der Waals surface area (Å²) in [5, 5.41) is 10.8. The van der Waals surface area contributed by atoms with Gasteiger partial charge in [-0.05, 0) is 22.0 Å². The van der Waals surface area contributed by atoms with Gasteiger partial charge in [0.05, 0.1) is 16.0 Å². The van der Waals surface area contributed by atoms with Gasteiger partial charge in [0, 0.05) is 26.2 Å². The second kappa shape index (κ2) is 7.15. The van der Waals surface area contributed by atoms with Crippen LogP contribution >= 0.6 is 15.9 Å². The number of nitrogens with zero attached hydrogens (tertiary/aromatic N) is 1. The van der Waals surface area contributed by atoms with Crippen LogP contribution in [0.25, 0.3) is 0 Å². The lowest BCUT2D eigenvalue weighted by atomic mass is 10.2. The molecule has 0 amide bonds. The minimum atomic E-state index is -0.936. The number of rotatable bonds is 6. The highest BCUT2D eigenvalue weighted by Gasteiger charge is 2.24. The van der Waals surface area contributed by atoms with E-state index in [1.165, 1.54) is 7.11 Å². The van der Waals surface area contributed by atoms with E-state index in [1.54, 1.807) is 0 Å². The van der Waals surface area contributed by atoms with Crippen LogP contribution < -0.4 is 0 Å². The van der Waals surface area contributed by atoms with Gasteiger partial charge in [-0.1, -0.05) is 0 Å². The van der Waals surface area contributed by atoms with Crippen molar-refractivity contribution in [2.75, 3.05) is 20.3 Å².